The molecule has 1 aromatic carbocycles. The highest BCUT2D eigenvalue weighted by Gasteiger charge is 2.18. The maximum atomic E-state index is 11.0. The Kier molecular flexibility index (Phi) is 3.41. The standard InChI is InChI=1S/C12H14O4/c13-12(14)10-5-1-2-6-11(10)16-9-4-3-7-15-8-9/h1-2,5-6,9H,3-4,7-8H2,(H,13,14). The summed E-state index contributed by atoms with van der Waals surface area (Å²) in [6.07, 6.45) is 1.84. The maximum absolute atomic E-state index is 11.0. The molecule has 1 atom stereocenters. The number of carboxylic acids is 1. The summed E-state index contributed by atoms with van der Waals surface area (Å²) in [6, 6.07) is 6.68. The summed E-state index contributed by atoms with van der Waals surface area (Å²) in [6.45, 7) is 1.30. The van der Waals surface area contributed by atoms with Gasteiger partial charge in [0.05, 0.1) is 6.61 Å². The van der Waals surface area contributed by atoms with E-state index in [0.29, 0.717) is 12.4 Å². The highest BCUT2D eigenvalue weighted by Crippen LogP contribution is 2.21. The Balaban J connectivity index is 2.10. The van der Waals surface area contributed by atoms with Gasteiger partial charge < -0.3 is 14.6 Å². The zero-order chi connectivity index (χ0) is 11.4. The molecule has 1 fully saturated rings. The van der Waals surface area contributed by atoms with E-state index in [2.05, 4.69) is 0 Å². The number of hydrogen-bond donors (Lipinski definition) is 1. The summed E-state index contributed by atoms with van der Waals surface area (Å²) in [7, 11) is 0. The predicted octanol–water partition coefficient (Wildman–Crippen LogP) is 1.94. The zero-order valence-corrected chi connectivity index (χ0v) is 8.89. The SMILES string of the molecule is O=C(O)c1ccccc1OC1CCCOC1. The molecule has 4 nitrogen and oxygen atoms in total. The molecule has 4 heteroatoms. The summed E-state index contributed by atoms with van der Waals surface area (Å²) in [5.41, 5.74) is 0.202. The minimum Gasteiger partial charge on any atom is -0.487 e. The molecule has 0 aromatic heterocycles. The largest absolute Gasteiger partial charge is 0.487 e. The van der Waals surface area contributed by atoms with Crippen molar-refractivity contribution in [1.82, 2.24) is 0 Å². The first-order valence-electron chi connectivity index (χ1n) is 5.34. The van der Waals surface area contributed by atoms with Crippen LogP contribution in [0.1, 0.15) is 23.2 Å². The van der Waals surface area contributed by atoms with Crippen molar-refractivity contribution in [3.8, 4) is 5.75 Å². The Morgan fingerprint density at radius 1 is 1.44 bits per heavy atom. The van der Waals surface area contributed by atoms with Gasteiger partial charge in [-0.15, -0.1) is 0 Å². The number of hydrogen-bond acceptors (Lipinski definition) is 3. The van der Waals surface area contributed by atoms with Gasteiger partial charge in [0.15, 0.2) is 0 Å². The Hall–Kier alpha value is -1.55. The normalized spacial score (nSPS) is 20.4. The van der Waals surface area contributed by atoms with Crippen LogP contribution >= 0.6 is 0 Å². The van der Waals surface area contributed by atoms with E-state index in [9.17, 15) is 4.79 Å². The smallest absolute Gasteiger partial charge is 0.339 e. The number of rotatable bonds is 3. The molecule has 2 rings (SSSR count). The van der Waals surface area contributed by atoms with Gasteiger partial charge in [-0.1, -0.05) is 12.1 Å². The molecular formula is C12H14O4. The first-order chi connectivity index (χ1) is 7.77. The molecule has 86 valence electrons. The summed E-state index contributed by atoms with van der Waals surface area (Å²) < 4.78 is 10.9. The van der Waals surface area contributed by atoms with E-state index < -0.39 is 5.97 Å². The van der Waals surface area contributed by atoms with Gasteiger partial charge in [-0.05, 0) is 25.0 Å². The number of benzene rings is 1. The van der Waals surface area contributed by atoms with E-state index >= 15 is 0 Å². The Bertz CT molecular complexity index is 369. The number of ether oxygens (including phenoxy) is 2. The fraction of sp³-hybridized carbons (Fsp3) is 0.417. The Morgan fingerprint density at radius 2 is 2.25 bits per heavy atom. The molecule has 0 spiro atoms. The molecule has 1 N–H and O–H groups in total. The average Bonchev–Trinajstić information content (AvgIpc) is 2.31. The van der Waals surface area contributed by atoms with Crippen LogP contribution in [0.5, 0.6) is 5.75 Å². The molecular weight excluding hydrogens is 208 g/mol. The van der Waals surface area contributed by atoms with Crippen molar-refractivity contribution in [2.75, 3.05) is 13.2 Å². The maximum Gasteiger partial charge on any atom is 0.339 e. The molecule has 1 aliphatic heterocycles. The zero-order valence-electron chi connectivity index (χ0n) is 8.89. The number of carboxylic acid groups (broad SMARTS) is 1. The van der Waals surface area contributed by atoms with E-state index in [-0.39, 0.29) is 11.7 Å². The van der Waals surface area contributed by atoms with Crippen molar-refractivity contribution in [2.24, 2.45) is 0 Å². The Morgan fingerprint density at radius 3 is 2.94 bits per heavy atom. The fourth-order valence-corrected chi connectivity index (χ4v) is 1.73. The van der Waals surface area contributed by atoms with Crippen LogP contribution in [0.2, 0.25) is 0 Å². The summed E-state index contributed by atoms with van der Waals surface area (Å²) in [5.74, 6) is -0.544. The second-order valence-electron chi connectivity index (χ2n) is 3.76. The monoisotopic (exact) mass is 222 g/mol. The first-order valence-corrected chi connectivity index (χ1v) is 5.34. The van der Waals surface area contributed by atoms with Crippen LogP contribution in [0.4, 0.5) is 0 Å². The second kappa shape index (κ2) is 4.99. The van der Waals surface area contributed by atoms with Gasteiger partial charge in [0.1, 0.15) is 17.4 Å². The molecule has 1 aliphatic rings. The van der Waals surface area contributed by atoms with Gasteiger partial charge in [0.2, 0.25) is 0 Å². The van der Waals surface area contributed by atoms with Crippen LogP contribution < -0.4 is 4.74 Å². The van der Waals surface area contributed by atoms with Crippen molar-refractivity contribution in [3.63, 3.8) is 0 Å². The molecule has 0 saturated carbocycles. The van der Waals surface area contributed by atoms with E-state index in [1.807, 2.05) is 0 Å². The highest BCUT2D eigenvalue weighted by atomic mass is 16.5. The number of carbonyl (C=O) groups is 1. The van der Waals surface area contributed by atoms with Crippen molar-refractivity contribution in [3.05, 3.63) is 29.8 Å². The second-order valence-corrected chi connectivity index (χ2v) is 3.76. The molecule has 1 heterocycles. The van der Waals surface area contributed by atoms with Gasteiger partial charge in [-0.3, -0.25) is 0 Å². The lowest BCUT2D eigenvalue weighted by molar-refractivity contribution is 0.00679. The molecule has 0 aliphatic carbocycles. The summed E-state index contributed by atoms with van der Waals surface area (Å²) in [5, 5.41) is 8.98. The minimum atomic E-state index is -0.965. The lowest BCUT2D eigenvalue weighted by Gasteiger charge is -2.23. The molecule has 1 saturated heterocycles. The van der Waals surface area contributed by atoms with Crippen LogP contribution in [-0.4, -0.2) is 30.4 Å². The van der Waals surface area contributed by atoms with Gasteiger partial charge in [0.25, 0.3) is 0 Å². The third kappa shape index (κ3) is 2.52. The molecule has 0 bridgehead atoms. The molecule has 0 radical (unpaired) electrons. The van der Waals surface area contributed by atoms with E-state index in [1.165, 1.54) is 0 Å². The highest BCUT2D eigenvalue weighted by molar-refractivity contribution is 5.90. The van der Waals surface area contributed by atoms with Gasteiger partial charge in [0, 0.05) is 6.61 Å². The van der Waals surface area contributed by atoms with Gasteiger partial charge >= 0.3 is 5.97 Å². The van der Waals surface area contributed by atoms with Crippen LogP contribution in [0, 0.1) is 0 Å². The quantitative estimate of drug-likeness (QED) is 0.849. The van der Waals surface area contributed by atoms with Crippen LogP contribution in [0.15, 0.2) is 24.3 Å². The lowest BCUT2D eigenvalue weighted by atomic mass is 10.1. The fourth-order valence-electron chi connectivity index (χ4n) is 1.73. The van der Waals surface area contributed by atoms with Crippen LogP contribution in [-0.2, 0) is 4.74 Å². The van der Waals surface area contributed by atoms with Gasteiger partial charge in [-0.25, -0.2) is 4.79 Å². The van der Waals surface area contributed by atoms with E-state index in [0.717, 1.165) is 19.4 Å². The summed E-state index contributed by atoms with van der Waals surface area (Å²) >= 11 is 0. The third-order valence-corrected chi connectivity index (χ3v) is 2.53. The van der Waals surface area contributed by atoms with Crippen molar-refractivity contribution >= 4 is 5.97 Å². The van der Waals surface area contributed by atoms with Crippen LogP contribution in [0.25, 0.3) is 0 Å². The van der Waals surface area contributed by atoms with Crippen LogP contribution in [0.3, 0.4) is 0 Å². The first kappa shape index (κ1) is 11.0. The molecule has 1 unspecified atom stereocenters. The van der Waals surface area contributed by atoms with Crippen molar-refractivity contribution in [1.29, 1.82) is 0 Å². The number of aromatic carboxylic acids is 1. The van der Waals surface area contributed by atoms with Crippen molar-refractivity contribution in [2.45, 2.75) is 18.9 Å². The predicted molar refractivity (Wildman–Crippen MR) is 57.9 cm³/mol. The topological polar surface area (TPSA) is 55.8 Å². The lowest BCUT2D eigenvalue weighted by Crippen LogP contribution is -2.28. The van der Waals surface area contributed by atoms with Crippen molar-refractivity contribution < 1.29 is 19.4 Å². The van der Waals surface area contributed by atoms with E-state index in [4.69, 9.17) is 14.6 Å². The van der Waals surface area contributed by atoms with Gasteiger partial charge in [-0.2, -0.15) is 0 Å². The summed E-state index contributed by atoms with van der Waals surface area (Å²) in [4.78, 5) is 11.0. The molecule has 1 aromatic rings. The molecule has 0 amide bonds. The molecule has 16 heavy (non-hydrogen) atoms. The average molecular weight is 222 g/mol. The number of para-hydroxylation sites is 1. The third-order valence-electron chi connectivity index (χ3n) is 2.53. The minimum absolute atomic E-state index is 0.0331. The Labute approximate surface area is 93.8 Å². The van der Waals surface area contributed by atoms with E-state index in [1.54, 1.807) is 24.3 Å².